The second-order valence-electron chi connectivity index (χ2n) is 8.84. The highest BCUT2D eigenvalue weighted by atomic mass is 35.5. The van der Waals surface area contributed by atoms with Gasteiger partial charge in [0.2, 0.25) is 15.9 Å². The summed E-state index contributed by atoms with van der Waals surface area (Å²) < 4.78 is 84.0. The number of carbonyl (C=O) groups excluding carboxylic acids is 1. The van der Waals surface area contributed by atoms with E-state index in [9.17, 15) is 30.8 Å². The Labute approximate surface area is 209 Å². The standard InChI is InChI=1S/C22H31F4N3O4S.ClH/c1-2-15-34(31,32)29-13-11-28(12-14-29)21(7-9-22(25,26)10-8-21)16-27-19(30)17-5-3-4-6-18(17)33-20(23)24;/h3-6,20H,2,7-16H2,1H3,(H,27,30);1H. The first-order chi connectivity index (χ1) is 16.0. The third kappa shape index (κ3) is 7.43. The number of carbonyl (C=O) groups is 1. The minimum absolute atomic E-state index is 0. The summed E-state index contributed by atoms with van der Waals surface area (Å²) in [5.74, 6) is -3.65. The molecule has 1 saturated carbocycles. The van der Waals surface area contributed by atoms with Crippen LogP contribution in [0.2, 0.25) is 0 Å². The van der Waals surface area contributed by atoms with Crippen molar-refractivity contribution in [2.75, 3.05) is 38.5 Å². The van der Waals surface area contributed by atoms with Gasteiger partial charge in [0, 0.05) is 51.1 Å². The van der Waals surface area contributed by atoms with E-state index in [0.29, 0.717) is 19.5 Å². The molecular formula is C22H32ClF4N3O4S. The number of para-hydroxylation sites is 1. The molecule has 1 aliphatic carbocycles. The molecule has 7 nitrogen and oxygen atoms in total. The largest absolute Gasteiger partial charge is 0.434 e. The van der Waals surface area contributed by atoms with Crippen LogP contribution in [0.1, 0.15) is 49.4 Å². The zero-order chi connectivity index (χ0) is 25.0. The minimum atomic E-state index is -3.36. The molecule has 1 saturated heterocycles. The second kappa shape index (κ2) is 12.1. The maximum absolute atomic E-state index is 14.0. The number of alkyl halides is 4. The van der Waals surface area contributed by atoms with E-state index < -0.39 is 34.0 Å². The number of nitrogens with one attached hydrogen (secondary N) is 1. The molecule has 0 radical (unpaired) electrons. The molecule has 0 spiro atoms. The number of benzene rings is 1. The smallest absolute Gasteiger partial charge is 0.387 e. The van der Waals surface area contributed by atoms with Crippen molar-refractivity contribution in [2.24, 2.45) is 0 Å². The second-order valence-corrected chi connectivity index (χ2v) is 10.9. The first kappa shape index (κ1) is 29.6. The Morgan fingerprint density at radius 3 is 2.26 bits per heavy atom. The van der Waals surface area contributed by atoms with Crippen molar-refractivity contribution >= 4 is 28.3 Å². The molecule has 1 aliphatic heterocycles. The predicted octanol–water partition coefficient (Wildman–Crippen LogP) is 3.75. The van der Waals surface area contributed by atoms with Crippen molar-refractivity contribution in [1.29, 1.82) is 0 Å². The highest BCUT2D eigenvalue weighted by Crippen LogP contribution is 2.42. The maximum atomic E-state index is 14.0. The fourth-order valence-electron chi connectivity index (χ4n) is 4.71. The van der Waals surface area contributed by atoms with Gasteiger partial charge in [0.25, 0.3) is 5.91 Å². The molecule has 2 aliphatic rings. The molecule has 1 amide bonds. The summed E-state index contributed by atoms with van der Waals surface area (Å²) in [4.78, 5) is 14.8. The van der Waals surface area contributed by atoms with Gasteiger partial charge in [0.05, 0.1) is 11.3 Å². The highest BCUT2D eigenvalue weighted by molar-refractivity contribution is 7.89. The average Bonchev–Trinajstić information content (AvgIpc) is 2.78. The van der Waals surface area contributed by atoms with Crippen LogP contribution < -0.4 is 10.1 Å². The van der Waals surface area contributed by atoms with Gasteiger partial charge in [-0.05, 0) is 31.4 Å². The van der Waals surface area contributed by atoms with Gasteiger partial charge in [-0.3, -0.25) is 9.69 Å². The molecule has 1 heterocycles. The Hall–Kier alpha value is -1.63. The van der Waals surface area contributed by atoms with E-state index in [-0.39, 0.29) is 74.8 Å². The highest BCUT2D eigenvalue weighted by Gasteiger charge is 2.47. The zero-order valence-electron chi connectivity index (χ0n) is 19.5. The maximum Gasteiger partial charge on any atom is 0.387 e. The van der Waals surface area contributed by atoms with Gasteiger partial charge < -0.3 is 10.1 Å². The lowest BCUT2D eigenvalue weighted by molar-refractivity contribution is -0.0856. The summed E-state index contributed by atoms with van der Waals surface area (Å²) in [6, 6.07) is 5.59. The van der Waals surface area contributed by atoms with Gasteiger partial charge >= 0.3 is 6.61 Å². The minimum Gasteiger partial charge on any atom is -0.434 e. The zero-order valence-corrected chi connectivity index (χ0v) is 21.2. The summed E-state index contributed by atoms with van der Waals surface area (Å²) >= 11 is 0. The van der Waals surface area contributed by atoms with Crippen molar-refractivity contribution in [3.05, 3.63) is 29.8 Å². The summed E-state index contributed by atoms with van der Waals surface area (Å²) in [7, 11) is -3.36. The molecule has 200 valence electrons. The Kier molecular flexibility index (Phi) is 10.2. The van der Waals surface area contributed by atoms with Crippen LogP contribution in [-0.4, -0.2) is 80.1 Å². The molecular weight excluding hydrogens is 514 g/mol. The number of halogens is 5. The molecule has 13 heteroatoms. The SMILES string of the molecule is CCCS(=O)(=O)N1CCN(C2(CNC(=O)c3ccccc3OC(F)F)CCC(F)(F)CC2)CC1.Cl. The third-order valence-electron chi connectivity index (χ3n) is 6.60. The van der Waals surface area contributed by atoms with E-state index in [0.717, 1.165) is 0 Å². The number of hydrogen-bond donors (Lipinski definition) is 1. The number of rotatable bonds is 9. The molecule has 3 rings (SSSR count). The monoisotopic (exact) mass is 545 g/mol. The topological polar surface area (TPSA) is 79.0 Å². The Bertz CT molecular complexity index is 950. The molecule has 0 atom stereocenters. The van der Waals surface area contributed by atoms with Crippen LogP contribution in [0.3, 0.4) is 0 Å². The number of nitrogens with zero attached hydrogens (tertiary/aromatic N) is 2. The average molecular weight is 546 g/mol. The summed E-state index contributed by atoms with van der Waals surface area (Å²) in [5.41, 5.74) is -0.856. The third-order valence-corrected chi connectivity index (χ3v) is 8.68. The van der Waals surface area contributed by atoms with Gasteiger partial charge in [0.1, 0.15) is 5.75 Å². The van der Waals surface area contributed by atoms with Crippen molar-refractivity contribution in [1.82, 2.24) is 14.5 Å². The molecule has 0 unspecified atom stereocenters. The van der Waals surface area contributed by atoms with E-state index in [1.165, 1.54) is 28.6 Å². The van der Waals surface area contributed by atoms with Crippen LogP contribution in [0.4, 0.5) is 17.6 Å². The molecule has 35 heavy (non-hydrogen) atoms. The molecule has 1 N–H and O–H groups in total. The fourth-order valence-corrected chi connectivity index (χ4v) is 6.20. The van der Waals surface area contributed by atoms with Gasteiger partial charge in [-0.2, -0.15) is 13.1 Å². The van der Waals surface area contributed by atoms with Gasteiger partial charge in [-0.15, -0.1) is 12.4 Å². The molecule has 1 aromatic carbocycles. The lowest BCUT2D eigenvalue weighted by Gasteiger charge is -2.50. The Balaban J connectivity index is 0.00000432. The molecule has 0 aromatic heterocycles. The molecule has 1 aromatic rings. The van der Waals surface area contributed by atoms with Crippen molar-refractivity contribution < 1.29 is 35.5 Å². The summed E-state index contributed by atoms with van der Waals surface area (Å²) in [6.07, 6.45) is 0.0588. The van der Waals surface area contributed by atoms with Crippen molar-refractivity contribution in [3.8, 4) is 5.75 Å². The number of amides is 1. The van der Waals surface area contributed by atoms with Crippen molar-refractivity contribution in [2.45, 2.75) is 57.1 Å². The fraction of sp³-hybridized carbons (Fsp3) is 0.682. The van der Waals surface area contributed by atoms with Gasteiger partial charge in [-0.1, -0.05) is 19.1 Å². The first-order valence-corrected chi connectivity index (χ1v) is 13.0. The van der Waals surface area contributed by atoms with Crippen LogP contribution in [0.25, 0.3) is 0 Å². The number of hydrogen-bond acceptors (Lipinski definition) is 5. The van der Waals surface area contributed by atoms with E-state index in [1.807, 2.05) is 4.90 Å². The number of ether oxygens (including phenoxy) is 1. The number of piperazine rings is 1. The summed E-state index contributed by atoms with van der Waals surface area (Å²) in [6.45, 7) is -0.0597. The van der Waals surface area contributed by atoms with E-state index in [4.69, 9.17) is 0 Å². The first-order valence-electron chi connectivity index (χ1n) is 11.4. The number of sulfonamides is 1. The normalized spacial score (nSPS) is 20.7. The molecule has 0 bridgehead atoms. The van der Waals surface area contributed by atoms with Crippen LogP contribution in [0.15, 0.2) is 24.3 Å². The Morgan fingerprint density at radius 1 is 1.09 bits per heavy atom. The van der Waals surface area contributed by atoms with Crippen LogP contribution in [-0.2, 0) is 10.0 Å². The molecule has 2 fully saturated rings. The lowest BCUT2D eigenvalue weighted by Crippen LogP contribution is -2.63. The Morgan fingerprint density at radius 2 is 1.69 bits per heavy atom. The van der Waals surface area contributed by atoms with Crippen LogP contribution in [0.5, 0.6) is 5.75 Å². The van der Waals surface area contributed by atoms with E-state index in [2.05, 4.69) is 10.1 Å². The van der Waals surface area contributed by atoms with Crippen molar-refractivity contribution in [3.63, 3.8) is 0 Å². The van der Waals surface area contributed by atoms with Gasteiger partial charge in [-0.25, -0.2) is 17.2 Å². The van der Waals surface area contributed by atoms with Gasteiger partial charge in [0.15, 0.2) is 0 Å². The van der Waals surface area contributed by atoms with Crippen LogP contribution in [0, 0.1) is 0 Å². The van der Waals surface area contributed by atoms with E-state index >= 15 is 0 Å². The predicted molar refractivity (Wildman–Crippen MR) is 126 cm³/mol. The lowest BCUT2D eigenvalue weighted by atomic mass is 9.78. The van der Waals surface area contributed by atoms with Crippen LogP contribution >= 0.6 is 12.4 Å². The quantitative estimate of drug-likeness (QED) is 0.478. The summed E-state index contributed by atoms with van der Waals surface area (Å²) in [5, 5.41) is 2.73. The van der Waals surface area contributed by atoms with E-state index in [1.54, 1.807) is 6.92 Å².